The van der Waals surface area contributed by atoms with Gasteiger partial charge in [-0.05, 0) is 62.4 Å². The molecule has 140 valence electrons. The Morgan fingerprint density at radius 2 is 2.12 bits per heavy atom. The van der Waals surface area contributed by atoms with Crippen molar-refractivity contribution in [3.63, 3.8) is 0 Å². The van der Waals surface area contributed by atoms with Crippen LogP contribution < -0.4 is 0 Å². The van der Waals surface area contributed by atoms with Crippen LogP contribution in [0.2, 0.25) is 0 Å². The van der Waals surface area contributed by atoms with Crippen LogP contribution in [-0.4, -0.2) is 23.4 Å². The zero-order valence-electron chi connectivity index (χ0n) is 15.4. The number of fused-ring (bicyclic) bond motifs is 3. The van der Waals surface area contributed by atoms with Crippen molar-refractivity contribution in [3.05, 3.63) is 11.8 Å². The Morgan fingerprint density at radius 1 is 1.36 bits per heavy atom. The Labute approximate surface area is 155 Å². The van der Waals surface area contributed by atoms with Gasteiger partial charge >= 0.3 is 5.97 Å². The zero-order valence-corrected chi connectivity index (χ0v) is 16.2. The molecule has 0 saturated heterocycles. The highest BCUT2D eigenvalue weighted by Crippen LogP contribution is 2.63. The van der Waals surface area contributed by atoms with Crippen LogP contribution >= 0.6 is 11.6 Å². The van der Waals surface area contributed by atoms with Crippen LogP contribution in [0.4, 0.5) is 0 Å². The van der Waals surface area contributed by atoms with Crippen LogP contribution in [-0.2, 0) is 19.1 Å². The molecule has 0 heterocycles. The van der Waals surface area contributed by atoms with Crippen molar-refractivity contribution in [1.29, 1.82) is 0 Å². The second-order valence-corrected chi connectivity index (χ2v) is 8.90. The second kappa shape index (κ2) is 6.94. The molecule has 2 fully saturated rings. The maximum absolute atomic E-state index is 11.5. The van der Waals surface area contributed by atoms with Gasteiger partial charge in [-0.15, -0.1) is 11.6 Å². The third-order valence-electron chi connectivity index (χ3n) is 7.02. The minimum Gasteiger partial charge on any atom is -0.462 e. The van der Waals surface area contributed by atoms with Gasteiger partial charge in [0.2, 0.25) is 0 Å². The van der Waals surface area contributed by atoms with Gasteiger partial charge in [0.05, 0.1) is 0 Å². The average Bonchev–Trinajstić information content (AvgIpc) is 2.87. The number of carbonyl (C=O) groups excluding carboxylic acids is 2. The van der Waals surface area contributed by atoms with E-state index in [0.29, 0.717) is 30.0 Å². The van der Waals surface area contributed by atoms with E-state index in [1.165, 1.54) is 6.92 Å². The van der Waals surface area contributed by atoms with Crippen molar-refractivity contribution < 1.29 is 19.1 Å². The molecule has 0 amide bonds. The van der Waals surface area contributed by atoms with Gasteiger partial charge in [-0.1, -0.05) is 20.3 Å². The van der Waals surface area contributed by atoms with E-state index in [1.807, 2.05) is 6.08 Å². The number of alkyl halides is 1. The lowest BCUT2D eigenvalue weighted by atomic mass is 9.54. The molecule has 0 aromatic rings. The molecule has 0 bridgehead atoms. The van der Waals surface area contributed by atoms with Gasteiger partial charge in [-0.2, -0.15) is 0 Å². The normalized spacial score (nSPS) is 42.8. The van der Waals surface area contributed by atoms with E-state index in [-0.39, 0.29) is 17.5 Å². The number of carbonyl (C=O) groups is 2. The summed E-state index contributed by atoms with van der Waals surface area (Å²) in [6.45, 7) is 6.40. The van der Waals surface area contributed by atoms with Crippen LogP contribution in [0.1, 0.15) is 65.7 Å². The molecular weight excluding hydrogens is 340 g/mol. The molecule has 3 aliphatic carbocycles. The van der Waals surface area contributed by atoms with Crippen LogP contribution in [0.25, 0.3) is 0 Å². The number of rotatable bonds is 5. The average molecular weight is 369 g/mol. The quantitative estimate of drug-likeness (QED) is 0.404. The van der Waals surface area contributed by atoms with Gasteiger partial charge in [0.15, 0.2) is 0 Å². The molecule has 0 spiro atoms. The molecule has 5 heteroatoms. The molecule has 6 atom stereocenters. The highest BCUT2D eigenvalue weighted by molar-refractivity contribution is 6.26. The molecule has 2 saturated carbocycles. The summed E-state index contributed by atoms with van der Waals surface area (Å²) in [4.78, 5) is 21.9. The third kappa shape index (κ3) is 3.01. The fourth-order valence-electron chi connectivity index (χ4n) is 6.00. The topological polar surface area (TPSA) is 52.6 Å². The van der Waals surface area contributed by atoms with Crippen molar-refractivity contribution >= 4 is 24.0 Å². The van der Waals surface area contributed by atoms with Crippen LogP contribution in [0.5, 0.6) is 0 Å². The molecule has 0 N–H and O–H groups in total. The summed E-state index contributed by atoms with van der Waals surface area (Å²) in [7, 11) is 0. The lowest BCUT2D eigenvalue weighted by Gasteiger charge is -2.54. The molecule has 3 aliphatic rings. The molecule has 25 heavy (non-hydrogen) atoms. The van der Waals surface area contributed by atoms with E-state index in [9.17, 15) is 9.59 Å². The Hall–Kier alpha value is -1.03. The molecule has 0 aromatic carbocycles. The van der Waals surface area contributed by atoms with Gasteiger partial charge in [0, 0.05) is 12.3 Å². The number of hydrogen-bond acceptors (Lipinski definition) is 4. The molecule has 0 radical (unpaired) electrons. The van der Waals surface area contributed by atoms with Crippen LogP contribution in [0.15, 0.2) is 11.8 Å². The lowest BCUT2D eigenvalue weighted by molar-refractivity contribution is -0.155. The molecular formula is C20H29ClO4. The van der Waals surface area contributed by atoms with Crippen molar-refractivity contribution in [1.82, 2.24) is 0 Å². The first kappa shape index (κ1) is 18.8. The predicted octanol–water partition coefficient (Wildman–Crippen LogP) is 4.60. The Bertz CT molecular complexity index is 574. The summed E-state index contributed by atoms with van der Waals surface area (Å²) in [5.74, 6) is 1.73. The Morgan fingerprint density at radius 3 is 2.76 bits per heavy atom. The fraction of sp³-hybridized carbons (Fsp3) is 0.800. The summed E-state index contributed by atoms with van der Waals surface area (Å²) < 4.78 is 11.0. The molecule has 0 aliphatic heterocycles. The minimum atomic E-state index is -0.584. The van der Waals surface area contributed by atoms with Gasteiger partial charge in [-0.25, -0.2) is 0 Å². The van der Waals surface area contributed by atoms with E-state index in [0.717, 1.165) is 44.9 Å². The highest BCUT2D eigenvalue weighted by Gasteiger charge is 2.60. The molecule has 4 unspecified atom stereocenters. The molecule has 3 rings (SSSR count). The predicted molar refractivity (Wildman–Crippen MR) is 95.9 cm³/mol. The van der Waals surface area contributed by atoms with E-state index in [2.05, 4.69) is 13.8 Å². The molecule has 0 aromatic heterocycles. The standard InChI is InChI=1S/C20H29ClO4/c1-4-10-20(21)16-9-11-19(3)15(6-8-17(19)25-13(2)23)14(16)5-7-18(20)24-12-22/h7,12,14-17H,4-6,8-11H2,1-3H3/t14?,15?,16?,17?,19-,20-/m0/s1. The minimum absolute atomic E-state index is 0.0171. The van der Waals surface area contributed by atoms with Gasteiger partial charge in [0.25, 0.3) is 6.47 Å². The highest BCUT2D eigenvalue weighted by atomic mass is 35.5. The van der Waals surface area contributed by atoms with Crippen molar-refractivity contribution in [2.24, 2.45) is 23.2 Å². The van der Waals surface area contributed by atoms with E-state index in [4.69, 9.17) is 21.1 Å². The van der Waals surface area contributed by atoms with E-state index in [1.54, 1.807) is 0 Å². The summed E-state index contributed by atoms with van der Waals surface area (Å²) in [5, 5.41) is 0. The fourth-order valence-corrected chi connectivity index (χ4v) is 6.58. The summed E-state index contributed by atoms with van der Waals surface area (Å²) in [6, 6.07) is 0. The third-order valence-corrected chi connectivity index (χ3v) is 7.68. The van der Waals surface area contributed by atoms with Crippen molar-refractivity contribution in [3.8, 4) is 0 Å². The number of esters is 1. The van der Waals surface area contributed by atoms with Crippen molar-refractivity contribution in [2.45, 2.75) is 76.7 Å². The SMILES string of the molecule is CCC[C@@]1(Cl)C(OC=O)=CCC2C3CCC(OC(C)=O)[C@@]3(C)CCC21. The first-order valence-corrected chi connectivity index (χ1v) is 9.91. The monoisotopic (exact) mass is 368 g/mol. The second-order valence-electron chi connectivity index (χ2n) is 8.23. The van der Waals surface area contributed by atoms with Crippen molar-refractivity contribution in [2.75, 3.05) is 0 Å². The largest absolute Gasteiger partial charge is 0.462 e. The van der Waals surface area contributed by atoms with Crippen LogP contribution in [0, 0.1) is 23.2 Å². The van der Waals surface area contributed by atoms with Gasteiger partial charge in [0.1, 0.15) is 16.7 Å². The van der Waals surface area contributed by atoms with E-state index >= 15 is 0 Å². The lowest BCUT2D eigenvalue weighted by Crippen LogP contribution is -2.52. The number of allylic oxidation sites excluding steroid dienone is 2. The summed E-state index contributed by atoms with van der Waals surface area (Å²) in [5.41, 5.74) is 0.0354. The van der Waals surface area contributed by atoms with Gasteiger partial charge in [-0.3, -0.25) is 9.59 Å². The maximum atomic E-state index is 11.5. The summed E-state index contributed by atoms with van der Waals surface area (Å²) in [6.07, 6.45) is 8.70. The number of halogens is 1. The molecule has 4 nitrogen and oxygen atoms in total. The number of hydrogen-bond donors (Lipinski definition) is 0. The van der Waals surface area contributed by atoms with Gasteiger partial charge < -0.3 is 9.47 Å². The zero-order chi connectivity index (χ0) is 18.2. The first-order valence-electron chi connectivity index (χ1n) is 9.54. The van der Waals surface area contributed by atoms with E-state index < -0.39 is 4.87 Å². The Balaban J connectivity index is 1.89. The summed E-state index contributed by atoms with van der Waals surface area (Å²) >= 11 is 7.11. The maximum Gasteiger partial charge on any atom is 0.302 e. The Kier molecular flexibility index (Phi) is 5.21. The first-order chi connectivity index (χ1) is 11.9. The smallest absolute Gasteiger partial charge is 0.302 e. The van der Waals surface area contributed by atoms with Crippen LogP contribution in [0.3, 0.4) is 0 Å². The number of ether oxygens (including phenoxy) is 2.